The zero-order chi connectivity index (χ0) is 12.8. The van der Waals surface area contributed by atoms with Crippen LogP contribution in [0.1, 0.15) is 25.3 Å². The first-order valence-electron chi connectivity index (χ1n) is 6.53. The average molecular weight is 251 g/mol. The summed E-state index contributed by atoms with van der Waals surface area (Å²) in [6.45, 7) is 4.38. The highest BCUT2D eigenvalue weighted by Gasteiger charge is 2.15. The average Bonchev–Trinajstić information content (AvgIpc) is 2.42. The van der Waals surface area contributed by atoms with Crippen LogP contribution in [0.5, 0.6) is 11.5 Å². The van der Waals surface area contributed by atoms with Crippen LogP contribution in [-0.2, 0) is 6.54 Å². The maximum Gasteiger partial charge on any atom is 0.165 e. The van der Waals surface area contributed by atoms with E-state index in [0.29, 0.717) is 19.3 Å². The van der Waals surface area contributed by atoms with Gasteiger partial charge in [0.25, 0.3) is 0 Å². The van der Waals surface area contributed by atoms with Gasteiger partial charge in [-0.2, -0.15) is 0 Å². The number of aliphatic hydroxyl groups excluding tert-OH is 1. The van der Waals surface area contributed by atoms with E-state index in [-0.39, 0.29) is 6.61 Å². The molecule has 0 amide bonds. The van der Waals surface area contributed by atoms with Crippen molar-refractivity contribution in [3.05, 3.63) is 23.8 Å². The van der Waals surface area contributed by atoms with Gasteiger partial charge >= 0.3 is 0 Å². The largest absolute Gasteiger partial charge is 0.486 e. The summed E-state index contributed by atoms with van der Waals surface area (Å²) >= 11 is 0. The Hall–Kier alpha value is -1.26. The molecule has 1 heterocycles. The Balaban J connectivity index is 1.93. The van der Waals surface area contributed by atoms with Gasteiger partial charge in [-0.25, -0.2) is 0 Å². The first-order chi connectivity index (χ1) is 8.81. The van der Waals surface area contributed by atoms with Crippen molar-refractivity contribution >= 4 is 0 Å². The standard InChI is InChI=1S/C14H21NO3/c1-11(4-3-7-16)15-10-12-5-2-6-13-14(12)18-9-8-17-13/h2,5-6,11,15-16H,3-4,7-10H2,1H3. The minimum absolute atomic E-state index is 0.254. The van der Waals surface area contributed by atoms with Gasteiger partial charge in [0, 0.05) is 24.8 Å². The molecule has 18 heavy (non-hydrogen) atoms. The van der Waals surface area contributed by atoms with E-state index in [0.717, 1.165) is 36.4 Å². The Morgan fingerprint density at radius 3 is 3.00 bits per heavy atom. The van der Waals surface area contributed by atoms with E-state index in [4.69, 9.17) is 14.6 Å². The Kier molecular flexibility index (Phi) is 4.84. The molecule has 0 spiro atoms. The molecule has 0 bridgehead atoms. The van der Waals surface area contributed by atoms with Crippen molar-refractivity contribution in [2.75, 3.05) is 19.8 Å². The van der Waals surface area contributed by atoms with Crippen LogP contribution in [0.2, 0.25) is 0 Å². The van der Waals surface area contributed by atoms with Gasteiger partial charge in [-0.15, -0.1) is 0 Å². The van der Waals surface area contributed by atoms with Crippen LogP contribution in [0.25, 0.3) is 0 Å². The predicted octanol–water partition coefficient (Wildman–Crippen LogP) is 1.71. The third-order valence-electron chi connectivity index (χ3n) is 3.08. The molecule has 0 saturated heterocycles. The van der Waals surface area contributed by atoms with E-state index in [1.54, 1.807) is 0 Å². The highest BCUT2D eigenvalue weighted by atomic mass is 16.6. The fourth-order valence-corrected chi connectivity index (χ4v) is 2.06. The smallest absolute Gasteiger partial charge is 0.165 e. The van der Waals surface area contributed by atoms with Crippen molar-refractivity contribution in [1.82, 2.24) is 5.32 Å². The second kappa shape index (κ2) is 6.61. The number of benzene rings is 1. The zero-order valence-corrected chi connectivity index (χ0v) is 10.8. The molecular weight excluding hydrogens is 230 g/mol. The van der Waals surface area contributed by atoms with Crippen LogP contribution in [0, 0.1) is 0 Å². The van der Waals surface area contributed by atoms with Crippen LogP contribution < -0.4 is 14.8 Å². The van der Waals surface area contributed by atoms with Gasteiger partial charge in [-0.3, -0.25) is 0 Å². The van der Waals surface area contributed by atoms with Crippen LogP contribution >= 0.6 is 0 Å². The molecule has 1 unspecified atom stereocenters. The van der Waals surface area contributed by atoms with E-state index < -0.39 is 0 Å². The molecule has 1 aliphatic rings. The number of para-hydroxylation sites is 1. The Morgan fingerprint density at radius 1 is 1.33 bits per heavy atom. The second-order valence-electron chi connectivity index (χ2n) is 4.59. The summed E-state index contributed by atoms with van der Waals surface area (Å²) in [6.07, 6.45) is 1.81. The Labute approximate surface area is 108 Å². The second-order valence-corrected chi connectivity index (χ2v) is 4.59. The zero-order valence-electron chi connectivity index (χ0n) is 10.8. The van der Waals surface area contributed by atoms with E-state index in [2.05, 4.69) is 18.3 Å². The first kappa shape index (κ1) is 13.2. The molecule has 0 fully saturated rings. The van der Waals surface area contributed by atoms with Gasteiger partial charge < -0.3 is 19.9 Å². The predicted molar refractivity (Wildman–Crippen MR) is 70.1 cm³/mol. The van der Waals surface area contributed by atoms with E-state index >= 15 is 0 Å². The molecule has 4 nitrogen and oxygen atoms in total. The van der Waals surface area contributed by atoms with Crippen LogP contribution in [0.3, 0.4) is 0 Å². The SMILES string of the molecule is CC(CCCO)NCc1cccc2c1OCCO2. The summed E-state index contributed by atoms with van der Waals surface area (Å²) in [5.41, 5.74) is 1.13. The number of fused-ring (bicyclic) bond motifs is 1. The molecule has 1 aromatic carbocycles. The molecule has 1 atom stereocenters. The molecule has 0 aliphatic carbocycles. The van der Waals surface area contributed by atoms with Crippen molar-refractivity contribution in [2.45, 2.75) is 32.4 Å². The lowest BCUT2D eigenvalue weighted by atomic mass is 10.1. The maximum absolute atomic E-state index is 8.79. The molecule has 1 aromatic rings. The van der Waals surface area contributed by atoms with Gasteiger partial charge in [0.15, 0.2) is 11.5 Å². The normalized spacial score (nSPS) is 15.4. The highest BCUT2D eigenvalue weighted by molar-refractivity contribution is 5.47. The van der Waals surface area contributed by atoms with Gasteiger partial charge in [0.1, 0.15) is 13.2 Å². The van der Waals surface area contributed by atoms with Crippen molar-refractivity contribution in [1.29, 1.82) is 0 Å². The number of hydrogen-bond acceptors (Lipinski definition) is 4. The van der Waals surface area contributed by atoms with E-state index in [1.165, 1.54) is 0 Å². The summed E-state index contributed by atoms with van der Waals surface area (Å²) in [4.78, 5) is 0. The summed E-state index contributed by atoms with van der Waals surface area (Å²) in [5, 5.41) is 12.2. The first-order valence-corrected chi connectivity index (χ1v) is 6.53. The fourth-order valence-electron chi connectivity index (χ4n) is 2.06. The maximum atomic E-state index is 8.79. The number of rotatable bonds is 6. The van der Waals surface area contributed by atoms with Gasteiger partial charge in [0.2, 0.25) is 0 Å². The summed E-state index contributed by atoms with van der Waals surface area (Å²) in [7, 11) is 0. The van der Waals surface area contributed by atoms with Crippen molar-refractivity contribution in [2.24, 2.45) is 0 Å². The summed E-state index contributed by atoms with van der Waals surface area (Å²) < 4.78 is 11.2. The molecule has 2 rings (SSSR count). The lowest BCUT2D eigenvalue weighted by molar-refractivity contribution is 0.169. The monoisotopic (exact) mass is 251 g/mol. The summed E-state index contributed by atoms with van der Waals surface area (Å²) in [6, 6.07) is 6.37. The number of hydrogen-bond donors (Lipinski definition) is 2. The molecule has 0 saturated carbocycles. The van der Waals surface area contributed by atoms with E-state index in [1.807, 2.05) is 12.1 Å². The lowest BCUT2D eigenvalue weighted by Crippen LogP contribution is -2.26. The topological polar surface area (TPSA) is 50.7 Å². The molecule has 0 radical (unpaired) electrons. The molecular formula is C14H21NO3. The fraction of sp³-hybridized carbons (Fsp3) is 0.571. The highest BCUT2D eigenvalue weighted by Crippen LogP contribution is 2.33. The van der Waals surface area contributed by atoms with Gasteiger partial charge in [-0.05, 0) is 25.8 Å². The van der Waals surface area contributed by atoms with Crippen LogP contribution in [0.4, 0.5) is 0 Å². The lowest BCUT2D eigenvalue weighted by Gasteiger charge is -2.22. The van der Waals surface area contributed by atoms with Crippen LogP contribution in [-0.4, -0.2) is 31.0 Å². The quantitative estimate of drug-likeness (QED) is 0.808. The number of nitrogens with one attached hydrogen (secondary N) is 1. The molecule has 2 N–H and O–H groups in total. The van der Waals surface area contributed by atoms with Gasteiger partial charge in [0.05, 0.1) is 0 Å². The van der Waals surface area contributed by atoms with Gasteiger partial charge in [-0.1, -0.05) is 12.1 Å². The third kappa shape index (κ3) is 3.37. The van der Waals surface area contributed by atoms with Crippen molar-refractivity contribution in [3.8, 4) is 11.5 Å². The minimum Gasteiger partial charge on any atom is -0.486 e. The molecule has 1 aliphatic heterocycles. The van der Waals surface area contributed by atoms with Crippen molar-refractivity contribution < 1.29 is 14.6 Å². The minimum atomic E-state index is 0.254. The third-order valence-corrected chi connectivity index (χ3v) is 3.08. The van der Waals surface area contributed by atoms with Crippen molar-refractivity contribution in [3.63, 3.8) is 0 Å². The molecule has 0 aromatic heterocycles. The number of ether oxygens (including phenoxy) is 2. The summed E-state index contributed by atoms with van der Waals surface area (Å²) in [5.74, 6) is 1.70. The molecule has 4 heteroatoms. The Bertz CT molecular complexity index is 381. The van der Waals surface area contributed by atoms with E-state index in [9.17, 15) is 0 Å². The Morgan fingerprint density at radius 2 is 2.17 bits per heavy atom. The van der Waals surface area contributed by atoms with Crippen LogP contribution in [0.15, 0.2) is 18.2 Å². The molecule has 100 valence electrons. The number of aliphatic hydroxyl groups is 1.